The molecule has 0 radical (unpaired) electrons. The molecule has 8 nitrogen and oxygen atoms in total. The lowest BCUT2D eigenvalue weighted by molar-refractivity contribution is -0.134. The highest BCUT2D eigenvalue weighted by Gasteiger charge is 2.56. The lowest BCUT2D eigenvalue weighted by atomic mass is 9.88. The first-order valence-corrected chi connectivity index (χ1v) is 10.9. The lowest BCUT2D eigenvalue weighted by Gasteiger charge is -2.27. The van der Waals surface area contributed by atoms with Crippen LogP contribution in [0.15, 0.2) is 30.5 Å². The molecule has 1 aromatic heterocycles. The topological polar surface area (TPSA) is 96.3 Å². The molecule has 2 fully saturated rings. The maximum Gasteiger partial charge on any atom is 0.325 e. The van der Waals surface area contributed by atoms with E-state index in [2.05, 4.69) is 27.9 Å². The van der Waals surface area contributed by atoms with Crippen LogP contribution in [0.3, 0.4) is 0 Å². The van der Waals surface area contributed by atoms with Crippen molar-refractivity contribution in [1.29, 1.82) is 0 Å². The van der Waals surface area contributed by atoms with Crippen LogP contribution in [-0.2, 0) is 16.0 Å². The van der Waals surface area contributed by atoms with Gasteiger partial charge in [-0.25, -0.2) is 9.48 Å². The maximum atomic E-state index is 12.9. The van der Waals surface area contributed by atoms with Crippen LogP contribution < -0.4 is 10.6 Å². The number of carbonyl (C=O) groups is 3. The zero-order chi connectivity index (χ0) is 21.8. The zero-order valence-corrected chi connectivity index (χ0v) is 17.9. The summed E-state index contributed by atoms with van der Waals surface area (Å²) >= 11 is 0. The third-order valence-electron chi connectivity index (χ3n) is 6.87. The molecule has 162 valence electrons. The van der Waals surface area contributed by atoms with Gasteiger partial charge in [0.05, 0.1) is 12.2 Å². The number of amides is 4. The van der Waals surface area contributed by atoms with Crippen molar-refractivity contribution in [1.82, 2.24) is 20.0 Å². The van der Waals surface area contributed by atoms with Crippen molar-refractivity contribution in [3.05, 3.63) is 47.2 Å². The molecule has 4 amide bonds. The molecular formula is C23H27N5O3. The molecule has 1 aliphatic heterocycles. The molecule has 31 heavy (non-hydrogen) atoms. The average Bonchev–Trinajstić information content (AvgIpc) is 3.53. The largest absolute Gasteiger partial charge is 0.325 e. The summed E-state index contributed by atoms with van der Waals surface area (Å²) in [4.78, 5) is 39.1. The number of carbonyl (C=O) groups excluding carboxylic acids is 3. The van der Waals surface area contributed by atoms with Crippen LogP contribution in [0.1, 0.15) is 55.3 Å². The monoisotopic (exact) mass is 421 g/mol. The van der Waals surface area contributed by atoms with E-state index in [9.17, 15) is 14.4 Å². The summed E-state index contributed by atoms with van der Waals surface area (Å²) in [5, 5.41) is 10.2. The highest BCUT2D eigenvalue weighted by atomic mass is 16.2. The molecule has 2 unspecified atom stereocenters. The third-order valence-corrected chi connectivity index (χ3v) is 6.87. The molecule has 3 aliphatic rings. The summed E-state index contributed by atoms with van der Waals surface area (Å²) in [6, 6.07) is 7.88. The van der Waals surface area contributed by atoms with Gasteiger partial charge in [0.2, 0.25) is 5.91 Å². The minimum absolute atomic E-state index is 0.0452. The van der Waals surface area contributed by atoms with Gasteiger partial charge in [0.25, 0.3) is 5.91 Å². The van der Waals surface area contributed by atoms with Crippen LogP contribution >= 0.6 is 0 Å². The number of imide groups is 1. The van der Waals surface area contributed by atoms with Crippen LogP contribution in [0.4, 0.5) is 10.6 Å². The van der Waals surface area contributed by atoms with E-state index in [1.807, 2.05) is 23.7 Å². The quantitative estimate of drug-likeness (QED) is 0.726. The standard InChI is InChI=1S/C23H27N5O3/c1-14-12-24-28(18-9-5-7-15-6-3-4-8-17(15)18)20(14)25-19(29)13-27-21(30)23(2,16-10-11-16)26-22(27)31/h3-4,6,8,12,16,18H,5,7,9-11,13H2,1-2H3,(H,25,29)(H,26,31). The van der Waals surface area contributed by atoms with Gasteiger partial charge in [-0.3, -0.25) is 14.5 Å². The Morgan fingerprint density at radius 3 is 2.81 bits per heavy atom. The van der Waals surface area contributed by atoms with Crippen molar-refractivity contribution in [2.45, 2.75) is 57.5 Å². The number of fused-ring (bicyclic) bond motifs is 1. The summed E-state index contributed by atoms with van der Waals surface area (Å²) < 4.78 is 1.87. The van der Waals surface area contributed by atoms with Gasteiger partial charge in [0.1, 0.15) is 17.9 Å². The van der Waals surface area contributed by atoms with Crippen LogP contribution in [0.25, 0.3) is 0 Å². The van der Waals surface area contributed by atoms with Crippen LogP contribution in [0, 0.1) is 12.8 Å². The molecule has 2 heterocycles. The fourth-order valence-electron chi connectivity index (χ4n) is 4.93. The molecule has 1 aromatic carbocycles. The highest BCUT2D eigenvalue weighted by Crippen LogP contribution is 2.42. The van der Waals surface area contributed by atoms with E-state index in [-0.39, 0.29) is 24.4 Å². The van der Waals surface area contributed by atoms with Gasteiger partial charge < -0.3 is 10.6 Å². The Morgan fingerprint density at radius 2 is 2.03 bits per heavy atom. The van der Waals surface area contributed by atoms with Gasteiger partial charge in [0.15, 0.2) is 0 Å². The Labute approximate surface area is 181 Å². The smallest absolute Gasteiger partial charge is 0.323 e. The summed E-state index contributed by atoms with van der Waals surface area (Å²) in [6.45, 7) is 3.34. The van der Waals surface area contributed by atoms with E-state index < -0.39 is 17.5 Å². The minimum atomic E-state index is -0.888. The van der Waals surface area contributed by atoms with Crippen LogP contribution in [0.2, 0.25) is 0 Å². The van der Waals surface area contributed by atoms with Crippen molar-refractivity contribution in [2.24, 2.45) is 5.92 Å². The van der Waals surface area contributed by atoms with E-state index in [1.54, 1.807) is 13.1 Å². The predicted octanol–water partition coefficient (Wildman–Crippen LogP) is 2.78. The highest BCUT2D eigenvalue weighted by molar-refractivity contribution is 6.10. The summed E-state index contributed by atoms with van der Waals surface area (Å²) in [5.74, 6) is 0.0508. The number of benzene rings is 1. The zero-order valence-electron chi connectivity index (χ0n) is 17.9. The van der Waals surface area contributed by atoms with Crippen LogP contribution in [-0.4, -0.2) is 44.6 Å². The molecule has 2 N–H and O–H groups in total. The van der Waals surface area contributed by atoms with E-state index in [4.69, 9.17) is 0 Å². The number of rotatable bonds is 5. The Kier molecular flexibility index (Phi) is 4.60. The number of nitrogens with one attached hydrogen (secondary N) is 2. The normalized spacial score (nSPS) is 25.4. The molecule has 1 saturated heterocycles. The summed E-state index contributed by atoms with van der Waals surface area (Å²) in [6.07, 6.45) is 6.61. The fourth-order valence-corrected chi connectivity index (χ4v) is 4.93. The van der Waals surface area contributed by atoms with Crippen molar-refractivity contribution < 1.29 is 14.4 Å². The Balaban J connectivity index is 1.35. The number of urea groups is 1. The van der Waals surface area contributed by atoms with Gasteiger partial charge in [-0.15, -0.1) is 0 Å². The minimum Gasteiger partial charge on any atom is -0.323 e. The fraction of sp³-hybridized carbons (Fsp3) is 0.478. The first-order chi connectivity index (χ1) is 14.9. The van der Waals surface area contributed by atoms with E-state index in [1.165, 1.54) is 11.1 Å². The van der Waals surface area contributed by atoms with E-state index in [0.717, 1.165) is 42.6 Å². The first kappa shape index (κ1) is 19.8. The Bertz CT molecular complexity index is 1070. The molecule has 0 spiro atoms. The van der Waals surface area contributed by atoms with Gasteiger partial charge in [-0.2, -0.15) is 5.10 Å². The molecule has 8 heteroatoms. The van der Waals surface area contributed by atoms with Crippen molar-refractivity contribution in [3.63, 3.8) is 0 Å². The van der Waals surface area contributed by atoms with Gasteiger partial charge in [-0.05, 0) is 63.0 Å². The number of hydrogen-bond donors (Lipinski definition) is 2. The number of aromatic nitrogens is 2. The second-order valence-electron chi connectivity index (χ2n) is 9.07. The third kappa shape index (κ3) is 3.30. The molecule has 2 aliphatic carbocycles. The second-order valence-corrected chi connectivity index (χ2v) is 9.07. The number of anilines is 1. The lowest BCUT2D eigenvalue weighted by Crippen LogP contribution is -2.46. The van der Waals surface area contributed by atoms with Crippen molar-refractivity contribution >= 4 is 23.7 Å². The Morgan fingerprint density at radius 1 is 1.26 bits per heavy atom. The molecule has 2 aromatic rings. The van der Waals surface area contributed by atoms with E-state index in [0.29, 0.717) is 5.82 Å². The Hall–Kier alpha value is -3.16. The van der Waals surface area contributed by atoms with E-state index >= 15 is 0 Å². The number of hydrogen-bond acceptors (Lipinski definition) is 4. The molecular weight excluding hydrogens is 394 g/mol. The van der Waals surface area contributed by atoms with Gasteiger partial charge in [-0.1, -0.05) is 24.3 Å². The van der Waals surface area contributed by atoms with Gasteiger partial charge >= 0.3 is 6.03 Å². The van der Waals surface area contributed by atoms with Crippen LogP contribution in [0.5, 0.6) is 0 Å². The SMILES string of the molecule is Cc1cnn(C2CCCc3ccccc32)c1NC(=O)CN1C(=O)NC(C)(C2CC2)C1=O. The molecule has 5 rings (SSSR count). The number of aryl methyl sites for hydroxylation is 2. The van der Waals surface area contributed by atoms with Crippen molar-refractivity contribution in [2.75, 3.05) is 11.9 Å². The second kappa shape index (κ2) is 7.21. The average molecular weight is 422 g/mol. The summed E-state index contributed by atoms with van der Waals surface area (Å²) in [5.41, 5.74) is 2.49. The molecule has 2 atom stereocenters. The molecule has 1 saturated carbocycles. The van der Waals surface area contributed by atoms with Gasteiger partial charge in [0, 0.05) is 5.56 Å². The summed E-state index contributed by atoms with van der Waals surface area (Å²) in [7, 11) is 0. The first-order valence-electron chi connectivity index (χ1n) is 10.9. The number of nitrogens with zero attached hydrogens (tertiary/aromatic N) is 3. The van der Waals surface area contributed by atoms with Crippen molar-refractivity contribution in [3.8, 4) is 0 Å². The maximum absolute atomic E-state index is 12.9. The predicted molar refractivity (Wildman–Crippen MR) is 114 cm³/mol. The molecule has 0 bridgehead atoms.